The van der Waals surface area contributed by atoms with Crippen LogP contribution in [0, 0.1) is 11.6 Å². The standard InChI is InChI=1S/C12H16F2N2S/c13-9-4-5-10(15)12(11(9)14)16-7-8-3-1-2-6-17-8/h4-5,8,16H,1-3,6-7,15H2. The number of hydrogen-bond donors (Lipinski definition) is 2. The Morgan fingerprint density at radius 2 is 2.18 bits per heavy atom. The molecular formula is C12H16F2N2S. The highest BCUT2D eigenvalue weighted by Crippen LogP contribution is 2.28. The van der Waals surface area contributed by atoms with Crippen molar-refractivity contribution in [2.75, 3.05) is 23.3 Å². The molecule has 2 rings (SSSR count). The number of hydrogen-bond acceptors (Lipinski definition) is 3. The van der Waals surface area contributed by atoms with Gasteiger partial charge in [-0.25, -0.2) is 8.78 Å². The second-order valence-electron chi connectivity index (χ2n) is 4.20. The topological polar surface area (TPSA) is 38.0 Å². The molecule has 1 aromatic carbocycles. The Hall–Kier alpha value is -0.970. The van der Waals surface area contributed by atoms with Gasteiger partial charge >= 0.3 is 0 Å². The first-order chi connectivity index (χ1) is 8.18. The van der Waals surface area contributed by atoms with Crippen LogP contribution in [0.15, 0.2) is 12.1 Å². The maximum absolute atomic E-state index is 13.5. The fraction of sp³-hybridized carbons (Fsp3) is 0.500. The molecule has 1 aromatic rings. The lowest BCUT2D eigenvalue weighted by atomic mass is 10.2. The fourth-order valence-corrected chi connectivity index (χ4v) is 3.17. The minimum atomic E-state index is -0.884. The Bertz CT molecular complexity index is 392. The van der Waals surface area contributed by atoms with Crippen LogP contribution in [0.5, 0.6) is 0 Å². The van der Waals surface area contributed by atoms with Gasteiger partial charge in [0.1, 0.15) is 0 Å². The highest BCUT2D eigenvalue weighted by molar-refractivity contribution is 7.99. The lowest BCUT2D eigenvalue weighted by Gasteiger charge is -2.22. The van der Waals surface area contributed by atoms with E-state index in [-0.39, 0.29) is 11.4 Å². The summed E-state index contributed by atoms with van der Waals surface area (Å²) in [6.07, 6.45) is 3.58. The quantitative estimate of drug-likeness (QED) is 0.817. The molecular weight excluding hydrogens is 242 g/mol. The molecule has 1 fully saturated rings. The highest BCUT2D eigenvalue weighted by Gasteiger charge is 2.16. The van der Waals surface area contributed by atoms with Crippen molar-refractivity contribution in [2.24, 2.45) is 0 Å². The second-order valence-corrected chi connectivity index (χ2v) is 5.60. The Morgan fingerprint density at radius 3 is 2.88 bits per heavy atom. The SMILES string of the molecule is Nc1ccc(F)c(F)c1NCC1CCCCS1. The first-order valence-corrected chi connectivity index (χ1v) is 6.82. The number of anilines is 2. The number of benzene rings is 1. The fourth-order valence-electron chi connectivity index (χ4n) is 1.93. The Kier molecular flexibility index (Phi) is 4.10. The van der Waals surface area contributed by atoms with Crippen molar-refractivity contribution in [2.45, 2.75) is 24.5 Å². The van der Waals surface area contributed by atoms with Gasteiger partial charge in [-0.2, -0.15) is 11.8 Å². The van der Waals surface area contributed by atoms with Gasteiger partial charge in [-0.1, -0.05) is 6.42 Å². The van der Waals surface area contributed by atoms with Crippen molar-refractivity contribution in [1.82, 2.24) is 0 Å². The number of rotatable bonds is 3. The van der Waals surface area contributed by atoms with Gasteiger partial charge in [0.05, 0.1) is 11.4 Å². The maximum atomic E-state index is 13.5. The van der Waals surface area contributed by atoms with E-state index in [1.54, 1.807) is 0 Å². The summed E-state index contributed by atoms with van der Waals surface area (Å²) in [6.45, 7) is 0.634. The molecule has 0 bridgehead atoms. The molecule has 3 N–H and O–H groups in total. The molecule has 1 atom stereocenters. The van der Waals surface area contributed by atoms with Gasteiger partial charge in [0.25, 0.3) is 0 Å². The van der Waals surface area contributed by atoms with Crippen molar-refractivity contribution < 1.29 is 8.78 Å². The van der Waals surface area contributed by atoms with E-state index in [0.717, 1.165) is 18.2 Å². The molecule has 1 aliphatic heterocycles. The molecule has 5 heteroatoms. The molecule has 0 amide bonds. The van der Waals surface area contributed by atoms with Gasteiger partial charge in [-0.3, -0.25) is 0 Å². The Morgan fingerprint density at radius 1 is 1.35 bits per heavy atom. The van der Waals surface area contributed by atoms with Gasteiger partial charge in [-0.05, 0) is 30.7 Å². The van der Waals surface area contributed by atoms with Gasteiger partial charge < -0.3 is 11.1 Å². The average molecular weight is 258 g/mol. The van der Waals surface area contributed by atoms with Crippen LogP contribution in [0.2, 0.25) is 0 Å². The molecule has 94 valence electrons. The van der Waals surface area contributed by atoms with Crippen LogP contribution < -0.4 is 11.1 Å². The molecule has 2 nitrogen and oxygen atoms in total. The zero-order valence-corrected chi connectivity index (χ0v) is 10.3. The largest absolute Gasteiger partial charge is 0.397 e. The van der Waals surface area contributed by atoms with Crippen molar-refractivity contribution in [1.29, 1.82) is 0 Å². The number of nitrogen functional groups attached to an aromatic ring is 1. The monoisotopic (exact) mass is 258 g/mol. The normalized spacial score (nSPS) is 20.2. The van der Waals surface area contributed by atoms with E-state index in [1.165, 1.54) is 18.9 Å². The molecule has 1 unspecified atom stereocenters. The summed E-state index contributed by atoms with van der Waals surface area (Å²) in [5.41, 5.74) is 5.98. The summed E-state index contributed by atoms with van der Waals surface area (Å²) in [6, 6.07) is 2.43. The molecule has 0 aliphatic carbocycles. The number of nitrogens with one attached hydrogen (secondary N) is 1. The third-order valence-electron chi connectivity index (χ3n) is 2.91. The molecule has 1 saturated heterocycles. The third kappa shape index (κ3) is 3.03. The summed E-state index contributed by atoms with van der Waals surface area (Å²) < 4.78 is 26.5. The van der Waals surface area contributed by atoms with Gasteiger partial charge in [0.15, 0.2) is 11.6 Å². The van der Waals surface area contributed by atoms with Crippen LogP contribution in [-0.4, -0.2) is 17.5 Å². The minimum Gasteiger partial charge on any atom is -0.397 e. The summed E-state index contributed by atoms with van der Waals surface area (Å²) in [5, 5.41) is 3.39. The highest BCUT2D eigenvalue weighted by atomic mass is 32.2. The predicted octanol–water partition coefficient (Wildman–Crippen LogP) is 3.24. The van der Waals surface area contributed by atoms with E-state index in [0.29, 0.717) is 11.8 Å². The summed E-state index contributed by atoms with van der Waals surface area (Å²) in [7, 11) is 0. The molecule has 0 radical (unpaired) electrons. The van der Waals surface area contributed by atoms with Crippen LogP contribution in [0.4, 0.5) is 20.2 Å². The van der Waals surface area contributed by atoms with Crippen LogP contribution in [0.1, 0.15) is 19.3 Å². The van der Waals surface area contributed by atoms with Crippen molar-refractivity contribution in [3.8, 4) is 0 Å². The second kappa shape index (κ2) is 5.58. The molecule has 1 aliphatic rings. The van der Waals surface area contributed by atoms with E-state index in [4.69, 9.17) is 5.73 Å². The zero-order chi connectivity index (χ0) is 12.3. The van der Waals surface area contributed by atoms with Crippen molar-refractivity contribution in [3.63, 3.8) is 0 Å². The first-order valence-electron chi connectivity index (χ1n) is 5.77. The molecule has 0 spiro atoms. The third-order valence-corrected chi connectivity index (χ3v) is 4.31. The molecule has 1 heterocycles. The molecule has 0 saturated carbocycles. The maximum Gasteiger partial charge on any atom is 0.183 e. The van der Waals surface area contributed by atoms with Crippen molar-refractivity contribution >= 4 is 23.1 Å². The van der Waals surface area contributed by atoms with E-state index >= 15 is 0 Å². The van der Waals surface area contributed by atoms with E-state index in [2.05, 4.69) is 5.32 Å². The van der Waals surface area contributed by atoms with E-state index < -0.39 is 11.6 Å². The number of halogens is 2. The van der Waals surface area contributed by atoms with Crippen LogP contribution in [0.3, 0.4) is 0 Å². The summed E-state index contributed by atoms with van der Waals surface area (Å²) in [4.78, 5) is 0. The van der Waals surface area contributed by atoms with Crippen LogP contribution in [0.25, 0.3) is 0 Å². The van der Waals surface area contributed by atoms with E-state index in [9.17, 15) is 8.78 Å². The zero-order valence-electron chi connectivity index (χ0n) is 9.51. The number of nitrogens with two attached hydrogens (primary N) is 1. The lowest BCUT2D eigenvalue weighted by molar-refractivity contribution is 0.511. The number of thioether (sulfide) groups is 1. The van der Waals surface area contributed by atoms with Gasteiger partial charge in [0.2, 0.25) is 0 Å². The average Bonchev–Trinajstić information content (AvgIpc) is 2.35. The Labute approximate surface area is 104 Å². The smallest absolute Gasteiger partial charge is 0.183 e. The first kappa shape index (κ1) is 12.5. The molecule has 17 heavy (non-hydrogen) atoms. The molecule has 0 aromatic heterocycles. The van der Waals surface area contributed by atoms with Gasteiger partial charge in [0, 0.05) is 11.8 Å². The van der Waals surface area contributed by atoms with Crippen LogP contribution in [-0.2, 0) is 0 Å². The van der Waals surface area contributed by atoms with E-state index in [1.807, 2.05) is 11.8 Å². The Balaban J connectivity index is 2.00. The van der Waals surface area contributed by atoms with Gasteiger partial charge in [-0.15, -0.1) is 0 Å². The summed E-state index contributed by atoms with van der Waals surface area (Å²) in [5.74, 6) is -0.600. The minimum absolute atomic E-state index is 0.0937. The van der Waals surface area contributed by atoms with Crippen LogP contribution >= 0.6 is 11.8 Å². The summed E-state index contributed by atoms with van der Waals surface area (Å²) >= 11 is 1.88. The van der Waals surface area contributed by atoms with Crippen molar-refractivity contribution in [3.05, 3.63) is 23.8 Å². The predicted molar refractivity (Wildman–Crippen MR) is 69.4 cm³/mol. The lowest BCUT2D eigenvalue weighted by Crippen LogP contribution is -2.21.